The zero-order valence-corrected chi connectivity index (χ0v) is 11.0. The van der Waals surface area contributed by atoms with E-state index in [1.165, 1.54) is 24.8 Å². The summed E-state index contributed by atoms with van der Waals surface area (Å²) < 4.78 is 0. The minimum absolute atomic E-state index is 0.384. The van der Waals surface area contributed by atoms with E-state index >= 15 is 0 Å². The van der Waals surface area contributed by atoms with Gasteiger partial charge in [0.15, 0.2) is 0 Å². The Bertz CT molecular complexity index is 390. The largest absolute Gasteiger partial charge is 0.478 e. The molecule has 2 aliphatic carbocycles. The highest BCUT2D eigenvalue weighted by atomic mass is 16.4. The Kier molecular flexibility index (Phi) is 3.41. The molecular weight excluding hydrogens is 212 g/mol. The number of hydrogen-bond acceptors (Lipinski definition) is 1. The zero-order chi connectivity index (χ0) is 12.6. The van der Waals surface area contributed by atoms with Crippen LogP contribution in [-0.2, 0) is 4.79 Å². The summed E-state index contributed by atoms with van der Waals surface area (Å²) in [7, 11) is 0. The molecule has 0 amide bonds. The molecule has 2 aliphatic rings. The topological polar surface area (TPSA) is 37.3 Å². The predicted molar refractivity (Wildman–Crippen MR) is 68.7 cm³/mol. The van der Waals surface area contributed by atoms with E-state index in [0.29, 0.717) is 17.4 Å². The Morgan fingerprint density at radius 2 is 2.06 bits per heavy atom. The van der Waals surface area contributed by atoms with E-state index in [9.17, 15) is 4.79 Å². The summed E-state index contributed by atoms with van der Waals surface area (Å²) in [6, 6.07) is 0. The van der Waals surface area contributed by atoms with Gasteiger partial charge in [-0.15, -0.1) is 0 Å². The molecule has 0 saturated heterocycles. The van der Waals surface area contributed by atoms with Crippen LogP contribution in [-0.4, -0.2) is 11.1 Å². The van der Waals surface area contributed by atoms with E-state index < -0.39 is 5.97 Å². The highest BCUT2D eigenvalue weighted by molar-refractivity contribution is 5.85. The van der Waals surface area contributed by atoms with Crippen molar-refractivity contribution in [3.63, 3.8) is 0 Å². The van der Waals surface area contributed by atoms with Gasteiger partial charge in [0.1, 0.15) is 0 Å². The maximum atomic E-state index is 10.9. The van der Waals surface area contributed by atoms with Crippen LogP contribution < -0.4 is 0 Å². The Morgan fingerprint density at radius 1 is 1.35 bits per heavy atom. The minimum atomic E-state index is -0.781. The Labute approximate surface area is 103 Å². The number of allylic oxidation sites excluding steroid dienone is 3. The molecule has 0 bridgehead atoms. The van der Waals surface area contributed by atoms with Gasteiger partial charge in [0, 0.05) is 5.57 Å². The molecule has 3 atom stereocenters. The third-order valence-electron chi connectivity index (χ3n) is 4.53. The predicted octanol–water partition coefficient (Wildman–Crippen LogP) is 3.79. The summed E-state index contributed by atoms with van der Waals surface area (Å²) in [4.78, 5) is 10.9. The van der Waals surface area contributed by atoms with Gasteiger partial charge in [-0.1, -0.05) is 24.1 Å². The van der Waals surface area contributed by atoms with Crippen LogP contribution in [0.2, 0.25) is 0 Å². The minimum Gasteiger partial charge on any atom is -0.478 e. The number of fused-ring (bicyclic) bond motifs is 1. The molecule has 0 radical (unpaired) electrons. The van der Waals surface area contributed by atoms with Crippen molar-refractivity contribution in [3.8, 4) is 0 Å². The Balaban J connectivity index is 2.27. The molecule has 1 N–H and O–H groups in total. The van der Waals surface area contributed by atoms with E-state index in [2.05, 4.69) is 13.8 Å². The normalized spacial score (nSPS) is 33.8. The highest BCUT2D eigenvalue weighted by Gasteiger charge is 2.35. The van der Waals surface area contributed by atoms with Crippen LogP contribution in [0.3, 0.4) is 0 Å². The molecule has 0 aliphatic heterocycles. The van der Waals surface area contributed by atoms with Gasteiger partial charge in [-0.3, -0.25) is 0 Å². The number of carbonyl (C=O) groups is 1. The molecular formula is C15H22O2. The second-order valence-electron chi connectivity index (χ2n) is 5.70. The van der Waals surface area contributed by atoms with Crippen molar-refractivity contribution in [1.82, 2.24) is 0 Å². The molecule has 0 heterocycles. The molecule has 94 valence electrons. The lowest BCUT2D eigenvalue weighted by molar-refractivity contribution is -0.132. The van der Waals surface area contributed by atoms with Gasteiger partial charge in [-0.25, -0.2) is 4.79 Å². The first-order chi connectivity index (χ1) is 8.00. The summed E-state index contributed by atoms with van der Waals surface area (Å²) in [6.45, 7) is 6.28. The van der Waals surface area contributed by atoms with Gasteiger partial charge in [-0.05, 0) is 57.3 Å². The second kappa shape index (κ2) is 4.67. The average Bonchev–Trinajstić information content (AvgIpc) is 2.66. The maximum absolute atomic E-state index is 10.9. The lowest BCUT2D eigenvalue weighted by Crippen LogP contribution is -2.23. The molecule has 1 saturated carbocycles. The quantitative estimate of drug-likeness (QED) is 0.583. The first-order valence-electron chi connectivity index (χ1n) is 6.62. The van der Waals surface area contributed by atoms with Crippen molar-refractivity contribution >= 4 is 5.97 Å². The SMILES string of the molecule is CC1=C2C(/C=C(/C)C(=O)O)CCC(C)C2CC1. The van der Waals surface area contributed by atoms with Crippen LogP contribution in [0.4, 0.5) is 0 Å². The number of rotatable bonds is 2. The van der Waals surface area contributed by atoms with Gasteiger partial charge in [0.05, 0.1) is 0 Å². The average molecular weight is 234 g/mol. The van der Waals surface area contributed by atoms with Crippen LogP contribution in [0.5, 0.6) is 0 Å². The molecule has 17 heavy (non-hydrogen) atoms. The van der Waals surface area contributed by atoms with Gasteiger partial charge in [-0.2, -0.15) is 0 Å². The van der Waals surface area contributed by atoms with Crippen molar-refractivity contribution in [1.29, 1.82) is 0 Å². The Hall–Kier alpha value is -1.05. The number of hydrogen-bond donors (Lipinski definition) is 1. The molecule has 2 rings (SSSR count). The fraction of sp³-hybridized carbons (Fsp3) is 0.667. The lowest BCUT2D eigenvalue weighted by atomic mass is 9.71. The summed E-state index contributed by atoms with van der Waals surface area (Å²) in [6.07, 6.45) is 6.81. The second-order valence-corrected chi connectivity index (χ2v) is 5.70. The summed E-state index contributed by atoms with van der Waals surface area (Å²) in [5.74, 6) is 1.09. The molecule has 2 nitrogen and oxygen atoms in total. The smallest absolute Gasteiger partial charge is 0.330 e. The zero-order valence-electron chi connectivity index (χ0n) is 11.0. The van der Waals surface area contributed by atoms with Crippen LogP contribution in [0, 0.1) is 17.8 Å². The first-order valence-corrected chi connectivity index (χ1v) is 6.62. The molecule has 3 unspecified atom stereocenters. The molecule has 0 spiro atoms. The van der Waals surface area contributed by atoms with Crippen molar-refractivity contribution in [2.24, 2.45) is 17.8 Å². The van der Waals surface area contributed by atoms with Gasteiger partial charge >= 0.3 is 5.97 Å². The van der Waals surface area contributed by atoms with Crippen molar-refractivity contribution in [3.05, 3.63) is 22.8 Å². The number of carboxylic acids is 1. The maximum Gasteiger partial charge on any atom is 0.330 e. The van der Waals surface area contributed by atoms with E-state index in [4.69, 9.17) is 5.11 Å². The summed E-state index contributed by atoms with van der Waals surface area (Å²) in [5, 5.41) is 8.99. The third kappa shape index (κ3) is 2.31. The van der Waals surface area contributed by atoms with Crippen LogP contribution in [0.25, 0.3) is 0 Å². The summed E-state index contributed by atoms with van der Waals surface area (Å²) in [5.41, 5.74) is 3.57. The van der Waals surface area contributed by atoms with Crippen LogP contribution >= 0.6 is 0 Å². The number of carboxylic acid groups (broad SMARTS) is 1. The van der Waals surface area contributed by atoms with Crippen LogP contribution in [0.1, 0.15) is 46.5 Å². The summed E-state index contributed by atoms with van der Waals surface area (Å²) >= 11 is 0. The van der Waals surface area contributed by atoms with Crippen molar-refractivity contribution in [2.75, 3.05) is 0 Å². The standard InChI is InChI=1S/C15H22O2/c1-9-4-6-12(8-11(3)15(16)17)14-10(2)5-7-13(9)14/h8-9,12-13H,4-7H2,1-3H3,(H,16,17)/b11-8-. The fourth-order valence-corrected chi connectivity index (χ4v) is 3.52. The van der Waals surface area contributed by atoms with Crippen molar-refractivity contribution in [2.45, 2.75) is 46.5 Å². The van der Waals surface area contributed by atoms with Gasteiger partial charge in [0.25, 0.3) is 0 Å². The fourth-order valence-electron chi connectivity index (χ4n) is 3.52. The van der Waals surface area contributed by atoms with E-state index in [1.54, 1.807) is 12.5 Å². The molecule has 0 aromatic carbocycles. The molecule has 0 aromatic heterocycles. The van der Waals surface area contributed by atoms with Gasteiger partial charge < -0.3 is 5.11 Å². The molecule has 1 fully saturated rings. The lowest BCUT2D eigenvalue weighted by Gasteiger charge is -2.34. The molecule has 0 aromatic rings. The monoisotopic (exact) mass is 234 g/mol. The van der Waals surface area contributed by atoms with Crippen molar-refractivity contribution < 1.29 is 9.90 Å². The van der Waals surface area contributed by atoms with Gasteiger partial charge in [0.2, 0.25) is 0 Å². The molecule has 2 heteroatoms. The van der Waals surface area contributed by atoms with Crippen LogP contribution in [0.15, 0.2) is 22.8 Å². The van der Waals surface area contributed by atoms with E-state index in [0.717, 1.165) is 12.3 Å². The third-order valence-corrected chi connectivity index (χ3v) is 4.53. The Morgan fingerprint density at radius 3 is 2.71 bits per heavy atom. The van der Waals surface area contributed by atoms with E-state index in [-0.39, 0.29) is 0 Å². The van der Waals surface area contributed by atoms with E-state index in [1.807, 2.05) is 6.08 Å². The number of aliphatic carboxylic acids is 1. The highest BCUT2D eigenvalue weighted by Crippen LogP contribution is 2.48. The first kappa shape index (κ1) is 12.4.